The van der Waals surface area contributed by atoms with Crippen LogP contribution >= 0.6 is 0 Å². The van der Waals surface area contributed by atoms with E-state index in [-0.39, 0.29) is 52.4 Å². The Morgan fingerprint density at radius 2 is 1.17 bits per heavy atom. The van der Waals surface area contributed by atoms with Crippen molar-refractivity contribution in [3.63, 3.8) is 0 Å². The SMILES string of the molecule is CC1=NCCNC(C)(C)CC(C)=NCCCNC(C)(C)C1.[Cl-].[Cl-].[Ni+2]. The van der Waals surface area contributed by atoms with Crippen molar-refractivity contribution in [1.82, 2.24) is 10.6 Å². The van der Waals surface area contributed by atoms with Crippen molar-refractivity contribution < 1.29 is 41.3 Å². The van der Waals surface area contributed by atoms with Crippen LogP contribution in [0.4, 0.5) is 0 Å². The first-order valence-corrected chi connectivity index (χ1v) is 8.20. The molecule has 0 radical (unpaired) electrons. The predicted octanol–water partition coefficient (Wildman–Crippen LogP) is -3.17. The van der Waals surface area contributed by atoms with E-state index in [1.54, 1.807) is 0 Å². The van der Waals surface area contributed by atoms with Crippen LogP contribution in [0.25, 0.3) is 0 Å². The van der Waals surface area contributed by atoms with Gasteiger partial charge >= 0.3 is 16.5 Å². The fourth-order valence-corrected chi connectivity index (χ4v) is 2.93. The number of nitrogens with zero attached hydrogens (tertiary/aromatic N) is 2. The third-order valence-corrected chi connectivity index (χ3v) is 3.81. The molecule has 0 saturated carbocycles. The molecular weight excluding hydrogens is 390 g/mol. The summed E-state index contributed by atoms with van der Waals surface area (Å²) in [5.74, 6) is 0. The van der Waals surface area contributed by atoms with Crippen LogP contribution in [0.15, 0.2) is 9.98 Å². The van der Waals surface area contributed by atoms with Gasteiger partial charge in [-0.15, -0.1) is 0 Å². The molecule has 0 saturated heterocycles. The summed E-state index contributed by atoms with van der Waals surface area (Å²) in [5.41, 5.74) is 2.67. The van der Waals surface area contributed by atoms with E-state index < -0.39 is 0 Å². The molecule has 0 atom stereocenters. The van der Waals surface area contributed by atoms with Gasteiger partial charge in [0.15, 0.2) is 0 Å². The summed E-state index contributed by atoms with van der Waals surface area (Å²) in [5, 5.41) is 7.22. The molecule has 1 rings (SSSR count). The standard InChI is InChI=1S/C17H34N4.2ClH.Ni/c1-14-12-17(5,6)21-11-10-19-15(2)13-16(3,4)20-9-7-8-18-14;;;/h20-21H,7-13H2,1-6H3;2*1H;/q;;;+2/p-2. The van der Waals surface area contributed by atoms with Crippen molar-refractivity contribution >= 4 is 11.4 Å². The molecule has 0 aliphatic carbocycles. The maximum atomic E-state index is 4.70. The summed E-state index contributed by atoms with van der Waals surface area (Å²) in [6.45, 7) is 17.0. The molecule has 146 valence electrons. The van der Waals surface area contributed by atoms with Crippen molar-refractivity contribution in [3.05, 3.63) is 0 Å². The van der Waals surface area contributed by atoms with Crippen molar-refractivity contribution in [2.24, 2.45) is 9.98 Å². The maximum absolute atomic E-state index is 4.70. The number of nitrogens with one attached hydrogen (secondary N) is 2. The van der Waals surface area contributed by atoms with E-state index in [4.69, 9.17) is 9.98 Å². The zero-order valence-corrected chi connectivity index (χ0v) is 18.4. The van der Waals surface area contributed by atoms with Crippen LogP contribution in [0.2, 0.25) is 0 Å². The number of aliphatic imine (C=N–C) groups is 2. The van der Waals surface area contributed by atoms with Crippen LogP contribution in [-0.2, 0) is 16.5 Å². The molecule has 24 heavy (non-hydrogen) atoms. The Kier molecular flexibility index (Phi) is 16.4. The molecular formula is C17H34Cl2N4Ni. The zero-order valence-electron chi connectivity index (χ0n) is 15.9. The van der Waals surface area contributed by atoms with Gasteiger partial charge < -0.3 is 35.4 Å². The van der Waals surface area contributed by atoms with Crippen molar-refractivity contribution in [2.45, 2.75) is 71.9 Å². The van der Waals surface area contributed by atoms with E-state index in [9.17, 15) is 0 Å². The Balaban J connectivity index is -0.00000147. The zero-order chi connectivity index (χ0) is 15.9. The number of rotatable bonds is 0. The smallest absolute Gasteiger partial charge is 1.00 e. The topological polar surface area (TPSA) is 48.8 Å². The third kappa shape index (κ3) is 13.6. The summed E-state index contributed by atoms with van der Waals surface area (Å²) < 4.78 is 0. The Morgan fingerprint density at radius 1 is 0.750 bits per heavy atom. The third-order valence-electron chi connectivity index (χ3n) is 3.81. The normalized spacial score (nSPS) is 22.1. The van der Waals surface area contributed by atoms with Crippen LogP contribution in [0.5, 0.6) is 0 Å². The van der Waals surface area contributed by atoms with Gasteiger partial charge in [0.05, 0.1) is 6.54 Å². The van der Waals surface area contributed by atoms with Gasteiger partial charge in [-0.2, -0.15) is 0 Å². The second-order valence-corrected chi connectivity index (χ2v) is 7.56. The molecule has 2 N–H and O–H groups in total. The Hall–Kier alpha value is 0.334. The molecule has 0 aromatic carbocycles. The first-order chi connectivity index (χ1) is 9.70. The number of hydrogen-bond donors (Lipinski definition) is 2. The Morgan fingerprint density at radius 3 is 1.67 bits per heavy atom. The van der Waals surface area contributed by atoms with Gasteiger partial charge in [0.1, 0.15) is 0 Å². The van der Waals surface area contributed by atoms with Crippen LogP contribution < -0.4 is 35.4 Å². The predicted molar refractivity (Wildman–Crippen MR) is 94.0 cm³/mol. The Bertz CT molecular complexity index is 396. The quantitative estimate of drug-likeness (QED) is 0.404. The molecule has 0 spiro atoms. The van der Waals surface area contributed by atoms with Crippen LogP contribution in [0.3, 0.4) is 0 Å². The van der Waals surface area contributed by atoms with E-state index in [1.165, 1.54) is 11.4 Å². The monoisotopic (exact) mass is 422 g/mol. The second kappa shape index (κ2) is 13.5. The maximum Gasteiger partial charge on any atom is 2.00 e. The van der Waals surface area contributed by atoms with Crippen molar-refractivity contribution in [3.8, 4) is 0 Å². The number of hydrogen-bond acceptors (Lipinski definition) is 4. The van der Waals surface area contributed by atoms with Crippen molar-refractivity contribution in [2.75, 3.05) is 26.2 Å². The van der Waals surface area contributed by atoms with Crippen molar-refractivity contribution in [1.29, 1.82) is 0 Å². The second-order valence-electron chi connectivity index (χ2n) is 7.56. The molecule has 1 heterocycles. The van der Waals surface area contributed by atoms with E-state index in [2.05, 4.69) is 52.2 Å². The summed E-state index contributed by atoms with van der Waals surface area (Å²) in [4.78, 5) is 9.40. The first kappa shape index (κ1) is 29.1. The average molecular weight is 424 g/mol. The fraction of sp³-hybridized carbons (Fsp3) is 0.882. The summed E-state index contributed by atoms with van der Waals surface area (Å²) >= 11 is 0. The number of halogens is 2. The molecule has 4 nitrogen and oxygen atoms in total. The van der Waals surface area contributed by atoms with Gasteiger partial charge in [-0.25, -0.2) is 0 Å². The molecule has 0 unspecified atom stereocenters. The van der Waals surface area contributed by atoms with E-state index in [0.717, 1.165) is 45.4 Å². The molecule has 7 heteroatoms. The van der Waals surface area contributed by atoms with Crippen LogP contribution in [-0.4, -0.2) is 48.7 Å². The van der Waals surface area contributed by atoms with Gasteiger partial charge in [0.25, 0.3) is 0 Å². The Labute approximate surface area is 171 Å². The van der Waals surface area contributed by atoms with E-state index in [1.807, 2.05) is 0 Å². The average Bonchev–Trinajstić information content (AvgIpc) is 2.32. The summed E-state index contributed by atoms with van der Waals surface area (Å²) in [6, 6.07) is 0. The van der Waals surface area contributed by atoms with Gasteiger partial charge in [-0.05, 0) is 54.5 Å². The molecule has 0 fully saturated rings. The molecule has 0 aromatic rings. The van der Waals surface area contributed by atoms with Gasteiger partial charge in [-0.3, -0.25) is 9.98 Å². The van der Waals surface area contributed by atoms with Gasteiger partial charge in [0.2, 0.25) is 0 Å². The molecule has 0 aromatic heterocycles. The first-order valence-electron chi connectivity index (χ1n) is 8.20. The minimum Gasteiger partial charge on any atom is -1.00 e. The van der Waals surface area contributed by atoms with Crippen LogP contribution in [0.1, 0.15) is 60.8 Å². The van der Waals surface area contributed by atoms with Gasteiger partial charge in [0, 0.05) is 48.4 Å². The summed E-state index contributed by atoms with van der Waals surface area (Å²) in [6.07, 6.45) is 3.08. The minimum atomic E-state index is 0. The minimum absolute atomic E-state index is 0. The molecule has 1 aliphatic rings. The molecule has 0 bridgehead atoms. The largest absolute Gasteiger partial charge is 2.00 e. The molecule has 1 aliphatic heterocycles. The fourth-order valence-electron chi connectivity index (χ4n) is 2.93. The van der Waals surface area contributed by atoms with E-state index in [0.29, 0.717) is 0 Å². The molecule has 0 amide bonds. The summed E-state index contributed by atoms with van der Waals surface area (Å²) in [7, 11) is 0. The van der Waals surface area contributed by atoms with Gasteiger partial charge in [-0.1, -0.05) is 0 Å². The van der Waals surface area contributed by atoms with E-state index >= 15 is 0 Å². The van der Waals surface area contributed by atoms with Crippen LogP contribution in [0, 0.1) is 0 Å².